The van der Waals surface area contributed by atoms with Gasteiger partial charge in [-0.1, -0.05) is 44.2 Å². The lowest BCUT2D eigenvalue weighted by atomic mass is 9.68. The monoisotopic (exact) mass is 322 g/mol. The van der Waals surface area contributed by atoms with Crippen LogP contribution >= 0.6 is 0 Å². The molecule has 0 amide bonds. The molecule has 3 atom stereocenters. The van der Waals surface area contributed by atoms with E-state index in [-0.39, 0.29) is 23.2 Å². The first-order chi connectivity index (χ1) is 11.4. The van der Waals surface area contributed by atoms with Crippen molar-refractivity contribution in [1.82, 2.24) is 0 Å². The second kappa shape index (κ2) is 5.17. The van der Waals surface area contributed by atoms with Crippen molar-refractivity contribution >= 4 is 11.6 Å². The van der Waals surface area contributed by atoms with Crippen LogP contribution in [0.5, 0.6) is 0 Å². The Balaban J connectivity index is 1.76. The molecule has 0 saturated heterocycles. The lowest BCUT2D eigenvalue weighted by Gasteiger charge is -2.46. The predicted molar refractivity (Wildman–Crippen MR) is 91.8 cm³/mol. The summed E-state index contributed by atoms with van der Waals surface area (Å²) >= 11 is 0. The minimum Gasteiger partial charge on any atom is -0.479 e. The van der Waals surface area contributed by atoms with Crippen LogP contribution in [0.25, 0.3) is 0 Å². The van der Waals surface area contributed by atoms with E-state index >= 15 is 0 Å². The molecule has 2 aliphatic carbocycles. The molecule has 1 unspecified atom stereocenters. The molecule has 4 rings (SSSR count). The van der Waals surface area contributed by atoms with E-state index < -0.39 is 5.60 Å². The van der Waals surface area contributed by atoms with Crippen LogP contribution in [0.1, 0.15) is 54.3 Å². The van der Waals surface area contributed by atoms with Gasteiger partial charge in [0.25, 0.3) is 0 Å². The lowest BCUT2D eigenvalue weighted by molar-refractivity contribution is -0.0236. The third-order valence-electron chi connectivity index (χ3n) is 5.84. The van der Waals surface area contributed by atoms with Crippen LogP contribution in [0.3, 0.4) is 0 Å². The third-order valence-corrected chi connectivity index (χ3v) is 5.84. The zero-order valence-corrected chi connectivity index (χ0v) is 14.3. The second-order valence-corrected chi connectivity index (χ2v) is 7.70. The summed E-state index contributed by atoms with van der Waals surface area (Å²) in [5.74, 6) is 1.36. The quantitative estimate of drug-likeness (QED) is 0.722. The number of ether oxygens (including phenoxy) is 1. The highest BCUT2D eigenvalue weighted by molar-refractivity contribution is 6.26. The summed E-state index contributed by atoms with van der Waals surface area (Å²) in [5, 5.41) is 0. The minimum absolute atomic E-state index is 0.0436. The summed E-state index contributed by atoms with van der Waals surface area (Å²) in [6.45, 7) is 6.47. The number of rotatable bonds is 1. The van der Waals surface area contributed by atoms with Gasteiger partial charge in [0.2, 0.25) is 5.78 Å². The highest BCUT2D eigenvalue weighted by Gasteiger charge is 2.48. The maximum absolute atomic E-state index is 12.9. The topological polar surface area (TPSA) is 43.4 Å². The first-order valence-corrected chi connectivity index (χ1v) is 8.70. The van der Waals surface area contributed by atoms with E-state index in [1.165, 1.54) is 0 Å². The smallest absolute Gasteiger partial charge is 0.228 e. The summed E-state index contributed by atoms with van der Waals surface area (Å²) in [4.78, 5) is 25.7. The Labute approximate surface area is 142 Å². The SMILES string of the molecule is CC(C)C1C=C[C@@]2(C)OC3=C(C[C@H]2C1)C(=O)c1ccccc1C3=O. The van der Waals surface area contributed by atoms with E-state index in [4.69, 9.17) is 4.74 Å². The number of ketones is 2. The minimum atomic E-state index is -0.494. The maximum Gasteiger partial charge on any atom is 0.228 e. The fourth-order valence-electron chi connectivity index (χ4n) is 4.15. The summed E-state index contributed by atoms with van der Waals surface area (Å²) < 4.78 is 6.17. The van der Waals surface area contributed by atoms with Gasteiger partial charge in [-0.25, -0.2) is 0 Å². The van der Waals surface area contributed by atoms with Crippen LogP contribution in [0, 0.1) is 17.8 Å². The fraction of sp³-hybridized carbons (Fsp3) is 0.429. The molecule has 1 aliphatic heterocycles. The number of carbonyl (C=O) groups is 2. The van der Waals surface area contributed by atoms with Gasteiger partial charge >= 0.3 is 0 Å². The second-order valence-electron chi connectivity index (χ2n) is 7.70. The number of hydrogen-bond donors (Lipinski definition) is 0. The number of benzene rings is 1. The van der Waals surface area contributed by atoms with Crippen molar-refractivity contribution in [3.05, 3.63) is 58.9 Å². The molecule has 0 spiro atoms. The van der Waals surface area contributed by atoms with E-state index in [2.05, 4.69) is 26.0 Å². The molecular formula is C21H22O3. The molecule has 24 heavy (non-hydrogen) atoms. The van der Waals surface area contributed by atoms with Crippen LogP contribution in [0.4, 0.5) is 0 Å². The zero-order chi connectivity index (χ0) is 17.1. The Bertz CT molecular complexity index is 799. The zero-order valence-electron chi connectivity index (χ0n) is 14.3. The number of fused-ring (bicyclic) bond motifs is 2. The molecular weight excluding hydrogens is 300 g/mol. The van der Waals surface area contributed by atoms with E-state index in [0.717, 1.165) is 6.42 Å². The normalized spacial score (nSPS) is 31.5. The highest BCUT2D eigenvalue weighted by Crippen LogP contribution is 2.47. The average molecular weight is 322 g/mol. The lowest BCUT2D eigenvalue weighted by Crippen LogP contribution is -2.46. The standard InChI is InChI=1S/C21H22O3/c1-12(2)13-8-9-21(3)14(10-13)11-17-18(22)15-6-4-5-7-16(15)19(23)20(17)24-21/h4-9,12-14H,10-11H2,1-3H3/t13?,14-,21-/m1/s1. The van der Waals surface area contributed by atoms with Gasteiger partial charge in [-0.3, -0.25) is 9.59 Å². The molecule has 3 aliphatic rings. The maximum atomic E-state index is 12.9. The van der Waals surface area contributed by atoms with Gasteiger partial charge in [0.15, 0.2) is 11.5 Å². The van der Waals surface area contributed by atoms with E-state index in [1.807, 2.05) is 13.0 Å². The number of Topliss-reactive ketones (excluding diaryl/α,β-unsaturated/α-hetero) is 2. The van der Waals surface area contributed by atoms with Crippen molar-refractivity contribution in [3.63, 3.8) is 0 Å². The van der Waals surface area contributed by atoms with Gasteiger partial charge in [0.1, 0.15) is 5.60 Å². The molecule has 3 heteroatoms. The number of hydrogen-bond acceptors (Lipinski definition) is 3. The molecule has 0 N–H and O–H groups in total. The summed E-state index contributed by atoms with van der Waals surface area (Å²) in [6, 6.07) is 7.05. The highest BCUT2D eigenvalue weighted by atomic mass is 16.5. The molecule has 3 nitrogen and oxygen atoms in total. The molecule has 124 valence electrons. The molecule has 0 aromatic heterocycles. The molecule has 0 bridgehead atoms. The van der Waals surface area contributed by atoms with Crippen LogP contribution < -0.4 is 0 Å². The van der Waals surface area contributed by atoms with Gasteiger partial charge in [0.05, 0.1) is 0 Å². The van der Waals surface area contributed by atoms with Crippen LogP contribution in [-0.4, -0.2) is 17.2 Å². The molecule has 1 aromatic carbocycles. The molecule has 0 saturated carbocycles. The van der Waals surface area contributed by atoms with E-state index in [9.17, 15) is 9.59 Å². The van der Waals surface area contributed by atoms with E-state index in [0.29, 0.717) is 35.0 Å². The van der Waals surface area contributed by atoms with Crippen molar-refractivity contribution < 1.29 is 14.3 Å². The Kier molecular flexibility index (Phi) is 3.31. The van der Waals surface area contributed by atoms with Gasteiger partial charge in [-0.2, -0.15) is 0 Å². The Morgan fingerprint density at radius 2 is 1.79 bits per heavy atom. The van der Waals surface area contributed by atoms with Crippen molar-refractivity contribution in [2.45, 2.75) is 39.2 Å². The van der Waals surface area contributed by atoms with Crippen molar-refractivity contribution in [2.75, 3.05) is 0 Å². The van der Waals surface area contributed by atoms with Gasteiger partial charge in [-0.05, 0) is 37.7 Å². The summed E-state index contributed by atoms with van der Waals surface area (Å²) in [5.41, 5.74) is 1.05. The number of carbonyl (C=O) groups excluding carboxylic acids is 2. The number of allylic oxidation sites excluding steroid dienone is 3. The first kappa shape index (κ1) is 15.4. The largest absolute Gasteiger partial charge is 0.479 e. The van der Waals surface area contributed by atoms with Crippen LogP contribution in [0.15, 0.2) is 47.7 Å². The van der Waals surface area contributed by atoms with Crippen molar-refractivity contribution in [3.8, 4) is 0 Å². The Morgan fingerprint density at radius 1 is 1.12 bits per heavy atom. The Morgan fingerprint density at radius 3 is 2.46 bits per heavy atom. The van der Waals surface area contributed by atoms with Crippen LogP contribution in [-0.2, 0) is 4.74 Å². The predicted octanol–water partition coefficient (Wildman–Crippen LogP) is 4.35. The van der Waals surface area contributed by atoms with Crippen molar-refractivity contribution in [1.29, 1.82) is 0 Å². The third kappa shape index (κ3) is 2.10. The van der Waals surface area contributed by atoms with Gasteiger partial charge in [-0.15, -0.1) is 0 Å². The van der Waals surface area contributed by atoms with Gasteiger partial charge < -0.3 is 4.74 Å². The molecule has 1 aromatic rings. The van der Waals surface area contributed by atoms with Crippen molar-refractivity contribution in [2.24, 2.45) is 17.8 Å². The molecule has 0 radical (unpaired) electrons. The molecule has 0 fully saturated rings. The van der Waals surface area contributed by atoms with Gasteiger partial charge in [0, 0.05) is 22.6 Å². The fourth-order valence-corrected chi connectivity index (χ4v) is 4.15. The summed E-state index contributed by atoms with van der Waals surface area (Å²) in [7, 11) is 0. The summed E-state index contributed by atoms with van der Waals surface area (Å²) in [6.07, 6.45) is 5.94. The average Bonchev–Trinajstić information content (AvgIpc) is 2.57. The van der Waals surface area contributed by atoms with E-state index in [1.54, 1.807) is 18.2 Å². The molecule has 1 heterocycles. The Hall–Kier alpha value is -2.16. The van der Waals surface area contributed by atoms with Crippen LogP contribution in [0.2, 0.25) is 0 Å². The first-order valence-electron chi connectivity index (χ1n) is 8.70.